The van der Waals surface area contributed by atoms with Crippen molar-refractivity contribution in [1.29, 1.82) is 0 Å². The smallest absolute Gasteiger partial charge is 0.194 e. The van der Waals surface area contributed by atoms with Gasteiger partial charge < -0.3 is 0 Å². The van der Waals surface area contributed by atoms with Crippen LogP contribution in [0.15, 0.2) is 63.7 Å². The second kappa shape index (κ2) is 5.56. The van der Waals surface area contributed by atoms with Crippen molar-refractivity contribution in [3.8, 4) is 0 Å². The van der Waals surface area contributed by atoms with E-state index in [0.29, 0.717) is 27.8 Å². The molecule has 0 aliphatic heterocycles. The number of carbonyl (C=O) groups excluding carboxylic acids is 2. The SMILES string of the molecule is O=C1c2cc3cc(Br)c(Br)cc3cc2C(=O)c2cc3ncccc3cc21. The molecule has 5 heteroatoms. The van der Waals surface area contributed by atoms with Gasteiger partial charge in [0, 0.05) is 42.8 Å². The lowest BCUT2D eigenvalue weighted by atomic mass is 9.82. The normalized spacial score (nSPS) is 13.2. The summed E-state index contributed by atoms with van der Waals surface area (Å²) in [6.45, 7) is 0. The second-order valence-corrected chi connectivity index (χ2v) is 7.97. The number of aromatic nitrogens is 1. The highest BCUT2D eigenvalue weighted by molar-refractivity contribution is 9.13. The summed E-state index contributed by atoms with van der Waals surface area (Å²) in [6, 6.07) is 14.7. The Bertz CT molecular complexity index is 1200. The number of pyridine rings is 1. The lowest BCUT2D eigenvalue weighted by Gasteiger charge is -2.19. The Morgan fingerprint density at radius 1 is 0.654 bits per heavy atom. The van der Waals surface area contributed by atoms with Crippen LogP contribution in [0.25, 0.3) is 21.7 Å². The summed E-state index contributed by atoms with van der Waals surface area (Å²) in [5.41, 5.74) is 2.47. The van der Waals surface area contributed by atoms with Crippen LogP contribution in [0.4, 0.5) is 0 Å². The van der Waals surface area contributed by atoms with Gasteiger partial charge in [0.25, 0.3) is 0 Å². The molecule has 0 atom stereocenters. The van der Waals surface area contributed by atoms with Crippen molar-refractivity contribution in [1.82, 2.24) is 4.98 Å². The average molecular weight is 467 g/mol. The van der Waals surface area contributed by atoms with E-state index in [1.165, 1.54) is 0 Å². The van der Waals surface area contributed by atoms with Gasteiger partial charge in [0.1, 0.15) is 0 Å². The number of rotatable bonds is 0. The van der Waals surface area contributed by atoms with Gasteiger partial charge in [-0.05, 0) is 85.1 Å². The summed E-state index contributed by atoms with van der Waals surface area (Å²) in [4.78, 5) is 30.5. The molecular formula is C21H9Br2NO2. The van der Waals surface area contributed by atoms with Gasteiger partial charge in [-0.3, -0.25) is 14.6 Å². The summed E-state index contributed by atoms with van der Waals surface area (Å²) < 4.78 is 1.80. The fourth-order valence-electron chi connectivity index (χ4n) is 3.46. The Morgan fingerprint density at radius 2 is 1.15 bits per heavy atom. The van der Waals surface area contributed by atoms with Crippen LogP contribution in [0.5, 0.6) is 0 Å². The Morgan fingerprint density at radius 3 is 1.73 bits per heavy atom. The number of fused-ring (bicyclic) bond motifs is 4. The molecule has 26 heavy (non-hydrogen) atoms. The molecule has 0 bridgehead atoms. The van der Waals surface area contributed by atoms with Crippen molar-refractivity contribution >= 4 is 65.1 Å². The lowest BCUT2D eigenvalue weighted by Crippen LogP contribution is -2.21. The summed E-state index contributed by atoms with van der Waals surface area (Å²) in [7, 11) is 0. The first-order valence-electron chi connectivity index (χ1n) is 7.94. The second-order valence-electron chi connectivity index (χ2n) is 6.26. The predicted molar refractivity (Wildman–Crippen MR) is 108 cm³/mol. The Labute approximate surface area is 165 Å². The molecule has 0 radical (unpaired) electrons. The number of nitrogens with zero attached hydrogens (tertiary/aromatic N) is 1. The summed E-state index contributed by atoms with van der Waals surface area (Å²) in [5.74, 6) is -0.260. The molecule has 1 heterocycles. The van der Waals surface area contributed by atoms with Crippen LogP contribution in [-0.2, 0) is 0 Å². The highest BCUT2D eigenvalue weighted by Gasteiger charge is 2.30. The largest absolute Gasteiger partial charge is 0.289 e. The maximum Gasteiger partial charge on any atom is 0.194 e. The Balaban J connectivity index is 1.82. The van der Waals surface area contributed by atoms with Crippen LogP contribution in [0, 0.1) is 0 Å². The standard InChI is InChI=1S/C21H9Br2NO2/c22-17-7-11-5-14-15(6-12(11)8-18(17)23)21(26)16-9-19-10(2-1-3-24-19)4-13(16)20(14)25/h1-9H. The fourth-order valence-corrected chi connectivity index (χ4v) is 4.18. The van der Waals surface area contributed by atoms with E-state index in [1.54, 1.807) is 30.5 Å². The van der Waals surface area contributed by atoms with Crippen LogP contribution >= 0.6 is 31.9 Å². The molecule has 0 saturated carbocycles. The summed E-state index contributed by atoms with van der Waals surface area (Å²) in [6.07, 6.45) is 1.68. The van der Waals surface area contributed by atoms with Crippen molar-refractivity contribution in [2.75, 3.05) is 0 Å². The van der Waals surface area contributed by atoms with Gasteiger partial charge in [0.05, 0.1) is 5.52 Å². The summed E-state index contributed by atoms with van der Waals surface area (Å²) >= 11 is 6.97. The molecule has 0 amide bonds. The molecule has 0 spiro atoms. The third-order valence-corrected chi connectivity index (χ3v) is 6.58. The van der Waals surface area contributed by atoms with Gasteiger partial charge in [-0.2, -0.15) is 0 Å². The quantitative estimate of drug-likeness (QED) is 0.294. The van der Waals surface area contributed by atoms with Crippen molar-refractivity contribution in [2.45, 2.75) is 0 Å². The minimum Gasteiger partial charge on any atom is -0.289 e. The maximum absolute atomic E-state index is 13.1. The zero-order valence-corrected chi connectivity index (χ0v) is 16.4. The molecule has 4 aromatic rings. The van der Waals surface area contributed by atoms with Crippen molar-refractivity contribution in [2.24, 2.45) is 0 Å². The highest BCUT2D eigenvalue weighted by atomic mass is 79.9. The molecule has 124 valence electrons. The van der Waals surface area contributed by atoms with E-state index in [-0.39, 0.29) is 11.6 Å². The van der Waals surface area contributed by atoms with Crippen LogP contribution in [-0.4, -0.2) is 16.6 Å². The minimum absolute atomic E-state index is 0.124. The predicted octanol–water partition coefficient (Wildman–Crippen LogP) is 5.69. The van der Waals surface area contributed by atoms with Crippen molar-refractivity contribution in [3.63, 3.8) is 0 Å². The van der Waals surface area contributed by atoms with E-state index in [0.717, 1.165) is 25.1 Å². The molecule has 0 saturated heterocycles. The summed E-state index contributed by atoms with van der Waals surface area (Å²) in [5, 5.41) is 2.66. The Hall–Kier alpha value is -2.37. The van der Waals surface area contributed by atoms with Crippen LogP contribution in [0.2, 0.25) is 0 Å². The maximum atomic E-state index is 13.1. The average Bonchev–Trinajstić information content (AvgIpc) is 2.65. The molecule has 0 unspecified atom stereocenters. The monoisotopic (exact) mass is 465 g/mol. The van der Waals surface area contributed by atoms with Gasteiger partial charge in [-0.1, -0.05) is 6.07 Å². The van der Waals surface area contributed by atoms with E-state index >= 15 is 0 Å². The first kappa shape index (κ1) is 15.9. The number of ketones is 2. The Kier molecular flexibility index (Phi) is 3.39. The van der Waals surface area contributed by atoms with Gasteiger partial charge in [-0.15, -0.1) is 0 Å². The first-order valence-corrected chi connectivity index (χ1v) is 9.52. The van der Waals surface area contributed by atoms with Crippen LogP contribution < -0.4 is 0 Å². The van der Waals surface area contributed by atoms with Gasteiger partial charge in [0.2, 0.25) is 0 Å². The molecule has 1 aromatic heterocycles. The molecule has 1 aliphatic carbocycles. The number of benzene rings is 3. The zero-order chi connectivity index (χ0) is 18.0. The number of carbonyl (C=O) groups is 2. The molecule has 0 N–H and O–H groups in total. The van der Waals surface area contributed by atoms with E-state index in [2.05, 4.69) is 36.8 Å². The first-order chi connectivity index (χ1) is 12.5. The van der Waals surface area contributed by atoms with Gasteiger partial charge in [0.15, 0.2) is 11.6 Å². The van der Waals surface area contributed by atoms with E-state index in [1.807, 2.05) is 24.3 Å². The number of halogens is 2. The zero-order valence-electron chi connectivity index (χ0n) is 13.2. The minimum atomic E-state index is -0.136. The number of hydrogen-bond donors (Lipinski definition) is 0. The lowest BCUT2D eigenvalue weighted by molar-refractivity contribution is 0.0979. The molecule has 1 aliphatic rings. The molecular weight excluding hydrogens is 458 g/mol. The van der Waals surface area contributed by atoms with Crippen LogP contribution in [0.3, 0.4) is 0 Å². The highest BCUT2D eigenvalue weighted by Crippen LogP contribution is 2.35. The van der Waals surface area contributed by atoms with E-state index in [9.17, 15) is 9.59 Å². The molecule has 5 rings (SSSR count). The van der Waals surface area contributed by atoms with Crippen molar-refractivity contribution in [3.05, 3.63) is 85.9 Å². The molecule has 0 fully saturated rings. The van der Waals surface area contributed by atoms with E-state index in [4.69, 9.17) is 0 Å². The van der Waals surface area contributed by atoms with E-state index < -0.39 is 0 Å². The van der Waals surface area contributed by atoms with Crippen molar-refractivity contribution < 1.29 is 9.59 Å². The third-order valence-electron chi connectivity index (χ3n) is 4.74. The number of hydrogen-bond acceptors (Lipinski definition) is 3. The van der Waals surface area contributed by atoms with Gasteiger partial charge in [-0.25, -0.2) is 0 Å². The molecule has 3 nitrogen and oxygen atoms in total. The topological polar surface area (TPSA) is 47.0 Å². The third kappa shape index (κ3) is 2.20. The fraction of sp³-hybridized carbons (Fsp3) is 0. The van der Waals surface area contributed by atoms with Gasteiger partial charge >= 0.3 is 0 Å². The van der Waals surface area contributed by atoms with Crippen LogP contribution in [0.1, 0.15) is 31.8 Å². The molecule has 3 aromatic carbocycles.